The second-order valence-electron chi connectivity index (χ2n) is 6.87. The zero-order valence-electron chi connectivity index (χ0n) is 17.6. The molecule has 2 amide bonds. The molecule has 0 fully saturated rings. The number of carbonyl (C=O) groups is 3. The molecule has 3 aromatic rings. The highest BCUT2D eigenvalue weighted by atomic mass is 32.2. The van der Waals surface area contributed by atoms with Gasteiger partial charge in [-0.1, -0.05) is 30.3 Å². The molecule has 0 saturated carbocycles. The first-order valence-corrected chi connectivity index (χ1v) is 11.3. The van der Waals surface area contributed by atoms with Crippen molar-refractivity contribution in [2.24, 2.45) is 0 Å². The number of ether oxygens (including phenoxy) is 1. The predicted octanol–water partition coefficient (Wildman–Crippen LogP) is 1.96. The minimum absolute atomic E-state index is 0.0189. The zero-order chi connectivity index (χ0) is 23.8. The number of nitrogens with one attached hydrogen (secondary N) is 2. The van der Waals surface area contributed by atoms with Crippen LogP contribution in [0.15, 0.2) is 77.8 Å². The number of methoxy groups -OCH3 is 1. The molecule has 0 atom stereocenters. The van der Waals surface area contributed by atoms with Crippen LogP contribution in [0.5, 0.6) is 0 Å². The van der Waals surface area contributed by atoms with E-state index in [2.05, 4.69) is 15.0 Å². The summed E-state index contributed by atoms with van der Waals surface area (Å²) in [6.45, 7) is 0.432. The smallest absolute Gasteiger partial charge is 0.356 e. The Morgan fingerprint density at radius 2 is 1.55 bits per heavy atom. The van der Waals surface area contributed by atoms with Gasteiger partial charge in [0.1, 0.15) is 5.69 Å². The van der Waals surface area contributed by atoms with Gasteiger partial charge in [-0.3, -0.25) is 9.59 Å². The van der Waals surface area contributed by atoms with E-state index in [0.717, 1.165) is 11.8 Å². The summed E-state index contributed by atoms with van der Waals surface area (Å²) >= 11 is 0. The normalized spacial score (nSPS) is 10.8. The van der Waals surface area contributed by atoms with E-state index in [1.165, 1.54) is 43.5 Å². The third-order valence-electron chi connectivity index (χ3n) is 4.62. The molecule has 9 nitrogen and oxygen atoms in total. The number of rotatable bonds is 8. The van der Waals surface area contributed by atoms with Crippen molar-refractivity contribution in [3.63, 3.8) is 0 Å². The molecule has 0 aliphatic carbocycles. The summed E-state index contributed by atoms with van der Waals surface area (Å²) in [5.74, 6) is -1.93. The van der Waals surface area contributed by atoms with Crippen molar-refractivity contribution in [3.05, 3.63) is 95.3 Å². The highest BCUT2D eigenvalue weighted by Gasteiger charge is 2.20. The van der Waals surface area contributed by atoms with E-state index in [4.69, 9.17) is 0 Å². The van der Waals surface area contributed by atoms with Crippen LogP contribution in [-0.2, 0) is 21.2 Å². The molecule has 10 heteroatoms. The maximum Gasteiger partial charge on any atom is 0.356 e. The Kier molecular flexibility index (Phi) is 7.52. The van der Waals surface area contributed by atoms with E-state index >= 15 is 0 Å². The number of sulfonamides is 1. The molecule has 3 rings (SSSR count). The van der Waals surface area contributed by atoms with Gasteiger partial charge in [0.25, 0.3) is 21.8 Å². The van der Waals surface area contributed by atoms with E-state index in [-0.39, 0.29) is 27.6 Å². The van der Waals surface area contributed by atoms with Gasteiger partial charge >= 0.3 is 5.97 Å². The maximum absolute atomic E-state index is 12.5. The number of hydrogen-bond donors (Lipinski definition) is 2. The summed E-state index contributed by atoms with van der Waals surface area (Å²) in [6.07, 6.45) is 1.74. The summed E-state index contributed by atoms with van der Waals surface area (Å²) < 4.78 is 31.5. The lowest BCUT2D eigenvalue weighted by Gasteiger charge is -2.09. The monoisotopic (exact) mass is 467 g/mol. The molecule has 33 heavy (non-hydrogen) atoms. The van der Waals surface area contributed by atoms with Crippen LogP contribution in [0.2, 0.25) is 0 Å². The van der Waals surface area contributed by atoms with Crippen LogP contribution in [0.3, 0.4) is 0 Å². The summed E-state index contributed by atoms with van der Waals surface area (Å²) in [7, 11) is -2.99. The lowest BCUT2D eigenvalue weighted by Crippen LogP contribution is -2.31. The Hall–Kier alpha value is -4.05. The summed E-state index contributed by atoms with van der Waals surface area (Å²) in [6, 6.07) is 17.4. The van der Waals surface area contributed by atoms with Crippen molar-refractivity contribution < 1.29 is 27.5 Å². The summed E-state index contributed by atoms with van der Waals surface area (Å²) in [5, 5.41) is 2.78. The fourth-order valence-corrected chi connectivity index (χ4v) is 3.82. The van der Waals surface area contributed by atoms with Gasteiger partial charge < -0.3 is 10.1 Å². The Morgan fingerprint density at radius 3 is 2.15 bits per heavy atom. The molecule has 170 valence electrons. The van der Waals surface area contributed by atoms with Crippen LogP contribution in [0, 0.1) is 0 Å². The number of esters is 1. The molecule has 0 saturated heterocycles. The molecule has 0 unspecified atom stereocenters. The van der Waals surface area contributed by atoms with Crippen LogP contribution in [0.4, 0.5) is 0 Å². The zero-order valence-corrected chi connectivity index (χ0v) is 18.5. The number of aromatic nitrogens is 1. The fraction of sp³-hybridized carbons (Fsp3) is 0.130. The topological polar surface area (TPSA) is 132 Å². The average Bonchev–Trinajstić information content (AvgIpc) is 2.84. The van der Waals surface area contributed by atoms with Gasteiger partial charge in [-0.25, -0.2) is 22.9 Å². The minimum Gasteiger partial charge on any atom is -0.464 e. The molecule has 2 N–H and O–H groups in total. The lowest BCUT2D eigenvalue weighted by molar-refractivity contribution is 0.0593. The summed E-state index contributed by atoms with van der Waals surface area (Å²) in [4.78, 5) is 39.6. The summed E-state index contributed by atoms with van der Waals surface area (Å²) in [5.41, 5.74) is 1.30. The van der Waals surface area contributed by atoms with Gasteiger partial charge in [0.2, 0.25) is 0 Å². The number of amides is 2. The lowest BCUT2D eigenvalue weighted by atomic mass is 10.1. The Morgan fingerprint density at radius 1 is 0.879 bits per heavy atom. The molecule has 0 aliphatic heterocycles. The van der Waals surface area contributed by atoms with Gasteiger partial charge in [-0.05, 0) is 48.4 Å². The van der Waals surface area contributed by atoms with Crippen LogP contribution in [0.25, 0.3) is 0 Å². The number of benzene rings is 2. The van der Waals surface area contributed by atoms with E-state index in [9.17, 15) is 22.8 Å². The largest absolute Gasteiger partial charge is 0.464 e. The fourth-order valence-electron chi connectivity index (χ4n) is 2.85. The standard InChI is InChI=1S/C23H21N3O6S/c1-32-23(29)20-12-9-18(15-25-20)22(28)26-33(30,31)19-10-7-17(8-11-19)21(27)24-14-13-16-5-3-2-4-6-16/h2-12,15H,13-14H2,1H3,(H,24,27)(H,26,28). The number of carbonyl (C=O) groups excluding carboxylic acids is 3. The second-order valence-corrected chi connectivity index (χ2v) is 8.56. The van der Waals surface area contributed by atoms with Crippen molar-refractivity contribution in [3.8, 4) is 0 Å². The molecule has 0 radical (unpaired) electrons. The van der Waals surface area contributed by atoms with Gasteiger partial charge in [-0.15, -0.1) is 0 Å². The van der Waals surface area contributed by atoms with Crippen molar-refractivity contribution in [2.45, 2.75) is 11.3 Å². The highest BCUT2D eigenvalue weighted by molar-refractivity contribution is 7.90. The second kappa shape index (κ2) is 10.5. The number of nitrogens with zero attached hydrogens (tertiary/aromatic N) is 1. The van der Waals surface area contributed by atoms with Crippen molar-refractivity contribution in [2.75, 3.05) is 13.7 Å². The molecular weight excluding hydrogens is 446 g/mol. The van der Waals surface area contributed by atoms with Crippen molar-refractivity contribution in [1.29, 1.82) is 0 Å². The van der Waals surface area contributed by atoms with Crippen molar-refractivity contribution in [1.82, 2.24) is 15.0 Å². The predicted molar refractivity (Wildman–Crippen MR) is 119 cm³/mol. The molecule has 0 spiro atoms. The SMILES string of the molecule is COC(=O)c1ccc(C(=O)NS(=O)(=O)c2ccc(C(=O)NCCc3ccccc3)cc2)cn1. The van der Waals surface area contributed by atoms with E-state index < -0.39 is 21.9 Å². The number of hydrogen-bond acceptors (Lipinski definition) is 7. The minimum atomic E-state index is -4.18. The van der Waals surface area contributed by atoms with Gasteiger partial charge in [0.15, 0.2) is 0 Å². The van der Waals surface area contributed by atoms with Gasteiger partial charge in [-0.2, -0.15) is 0 Å². The molecule has 0 aliphatic rings. The molecule has 0 bridgehead atoms. The molecule has 1 aromatic heterocycles. The number of pyridine rings is 1. The first kappa shape index (κ1) is 23.6. The van der Waals surface area contributed by atoms with Crippen LogP contribution < -0.4 is 10.0 Å². The van der Waals surface area contributed by atoms with E-state index in [1.807, 2.05) is 35.1 Å². The van der Waals surface area contributed by atoms with Crippen molar-refractivity contribution >= 4 is 27.8 Å². The highest BCUT2D eigenvalue weighted by Crippen LogP contribution is 2.12. The van der Waals surface area contributed by atoms with E-state index in [0.29, 0.717) is 13.0 Å². The first-order chi connectivity index (χ1) is 15.8. The van der Waals surface area contributed by atoms with Gasteiger partial charge in [0.05, 0.1) is 17.6 Å². The quantitative estimate of drug-likeness (QED) is 0.484. The van der Waals surface area contributed by atoms with Crippen LogP contribution in [-0.4, -0.2) is 44.8 Å². The van der Waals surface area contributed by atoms with E-state index in [1.54, 1.807) is 0 Å². The third-order valence-corrected chi connectivity index (χ3v) is 5.96. The average molecular weight is 468 g/mol. The maximum atomic E-state index is 12.5. The van der Waals surface area contributed by atoms with Gasteiger partial charge in [0, 0.05) is 18.3 Å². The Labute approximate surface area is 190 Å². The Bertz CT molecular complexity index is 1240. The van der Waals surface area contributed by atoms with Crippen LogP contribution >= 0.6 is 0 Å². The third kappa shape index (κ3) is 6.23. The molecular formula is C23H21N3O6S. The first-order valence-electron chi connectivity index (χ1n) is 9.84. The molecule has 2 aromatic carbocycles. The van der Waals surface area contributed by atoms with Crippen LogP contribution in [0.1, 0.15) is 36.8 Å². The molecule has 1 heterocycles. The Balaban J connectivity index is 1.59.